The highest BCUT2D eigenvalue weighted by Gasteiger charge is 2.43. The number of guanidine groups is 1. The first-order chi connectivity index (χ1) is 62.5. The molecule has 1 aliphatic heterocycles. The van der Waals surface area contributed by atoms with Gasteiger partial charge >= 0.3 is 23.9 Å². The molecule has 0 radical (unpaired) electrons. The fraction of sp³-hybridized carbons (Fsp3) is 0.675. The predicted octanol–water partition coefficient (Wildman–Crippen LogP) is -15.1. The summed E-state index contributed by atoms with van der Waals surface area (Å²) >= 11 is 0. The molecule has 0 spiro atoms. The molecule has 19 atom stereocenters. The van der Waals surface area contributed by atoms with Crippen molar-refractivity contribution in [2.24, 2.45) is 46.2 Å². The Morgan fingerprint density at radius 3 is 1.20 bits per heavy atom. The number of primary amides is 3. The van der Waals surface area contributed by atoms with Gasteiger partial charge in [-0.2, -0.15) is 0 Å². The Labute approximate surface area is 767 Å². The molecule has 1 heterocycles. The molecule has 0 aliphatic carbocycles. The van der Waals surface area contributed by atoms with Gasteiger partial charge in [-0.1, -0.05) is 27.7 Å². The van der Waals surface area contributed by atoms with E-state index in [-0.39, 0.29) is 83.3 Å². The monoisotopic (exact) mass is 1920 g/mol. The third-order valence-corrected chi connectivity index (χ3v) is 19.8. The molecule has 0 saturated carbocycles. The number of nitrogens with two attached hydrogens (primary N) is 6. The van der Waals surface area contributed by atoms with E-state index in [1.165, 1.54) is 6.92 Å². The number of aliphatic hydroxyl groups excluding tert-OH is 4. The number of likely N-dealkylation sites (tertiary alicyclic amines) is 1. The number of carbonyl (C=O) groups is 24. The van der Waals surface area contributed by atoms with E-state index in [1.807, 2.05) is 16.0 Å². The quantitative estimate of drug-likeness (QED) is 0.0153. The van der Waals surface area contributed by atoms with Crippen molar-refractivity contribution in [1.29, 1.82) is 5.41 Å². The molecule has 0 aromatic rings. The maximum atomic E-state index is 14.6. The van der Waals surface area contributed by atoms with Crippen molar-refractivity contribution in [2.75, 3.05) is 39.4 Å². The molecule has 57 heteroatoms. The molecule has 0 aromatic carbocycles. The average molecular weight is 1920 g/mol. The number of carboxylic acid groups (broad SMARTS) is 4. The van der Waals surface area contributed by atoms with Crippen molar-refractivity contribution >= 4 is 148 Å². The van der Waals surface area contributed by atoms with Crippen LogP contribution in [0.3, 0.4) is 0 Å². The van der Waals surface area contributed by atoms with Crippen LogP contribution in [0, 0.1) is 17.2 Å². The molecule has 134 heavy (non-hydrogen) atoms. The molecule has 20 amide bonds. The van der Waals surface area contributed by atoms with Gasteiger partial charge < -0.3 is 171 Å². The number of hydrogen-bond acceptors (Lipinski definition) is 31. The minimum atomic E-state index is -2.21. The molecule has 0 unspecified atom stereocenters. The lowest BCUT2D eigenvalue weighted by atomic mass is 10.00. The summed E-state index contributed by atoms with van der Waals surface area (Å²) in [5.74, 6) is -32.4. The van der Waals surface area contributed by atoms with E-state index >= 15 is 0 Å². The number of carbonyl (C=O) groups excluding carboxylic acids is 20. The van der Waals surface area contributed by atoms with Crippen LogP contribution in [0.25, 0.3) is 0 Å². The number of nitrogens with zero attached hydrogens (tertiary/aromatic N) is 1. The van der Waals surface area contributed by atoms with Gasteiger partial charge in [-0.25, -0.2) is 0 Å². The Morgan fingerprint density at radius 2 is 0.769 bits per heavy atom. The maximum absolute atomic E-state index is 14.6. The highest BCUT2D eigenvalue weighted by molar-refractivity contribution is 6.03. The van der Waals surface area contributed by atoms with Crippen LogP contribution in [0.1, 0.15) is 165 Å². The smallest absolute Gasteiger partial charge is 0.325 e. The van der Waals surface area contributed by atoms with E-state index in [9.17, 15) is 156 Å². The molecule has 1 aliphatic rings. The highest BCUT2D eigenvalue weighted by Crippen LogP contribution is 2.22. The van der Waals surface area contributed by atoms with E-state index in [0.29, 0.717) is 0 Å². The number of nitrogens with one attached hydrogen (secondary N) is 18. The van der Waals surface area contributed by atoms with Crippen molar-refractivity contribution in [3.05, 3.63) is 0 Å². The summed E-state index contributed by atoms with van der Waals surface area (Å²) in [6, 6.07) is -30.7. The molecule has 57 nitrogen and oxygen atoms in total. The standard InChI is InChI=1S/C77H129N25O32/c1-32(2)23-42(93-67(124)45(26-53(81)109)95-66(123)43(24-33(3)4)94-71(128)49(31-104)100-73(130)58(82)36(7)105)65(122)91-40(16-18-51(79)107)64(121)90-39(13-9-10-20-78)63(120)96-46(27-56(113)114)68(125)92-41(17-19-55(111)112)75(132)102-22-12-15-50(102)72(129)98-44(25-52(80)108)61(118)86-29-54(110)89-38(14-11-21-85-77(83)84)62(119)87-34(5)60(117)99-48(30-103)70(127)97-47(28-57(115)116)69(126)101-59(37(8)106)74(131)88-35(6)76(133)134/h32-50,58-59,103-106H,9-31,78,82H2,1-8H3,(H2,79,107)(H2,80,108)(H2,81,109)(H,86,118)(H,87,119)(H,88,131)(H,89,110)(H,90,121)(H,91,122)(H,92,125)(H,93,124)(H,94,128)(H,95,123)(H,96,120)(H,97,127)(H,98,129)(H,99,117)(H,100,130)(H,101,126)(H,111,112)(H,113,114)(H,115,116)(H,133,134)(H4,83,84,85)/t34-,35-,36+,37+,38-,39-,40-,41-,42-,43-,44-,45-,46-,47-,48-,49-,50-,58-,59-/m0/s1. The second-order valence-corrected chi connectivity index (χ2v) is 32.4. The van der Waals surface area contributed by atoms with E-state index in [2.05, 4.69) is 74.4 Å². The van der Waals surface area contributed by atoms with Gasteiger partial charge in [-0.05, 0) is 117 Å². The zero-order chi connectivity index (χ0) is 102. The summed E-state index contributed by atoms with van der Waals surface area (Å²) in [5.41, 5.74) is 33.2. The van der Waals surface area contributed by atoms with E-state index in [4.69, 9.17) is 39.8 Å². The van der Waals surface area contributed by atoms with Crippen molar-refractivity contribution in [2.45, 2.75) is 279 Å². The Hall–Kier alpha value is -13.7. The summed E-state index contributed by atoms with van der Waals surface area (Å²) in [7, 11) is 0. The lowest BCUT2D eigenvalue weighted by Crippen LogP contribution is -2.61. The molecule has 1 rings (SSSR count). The lowest BCUT2D eigenvalue weighted by Gasteiger charge is -2.30. The number of aliphatic hydroxyl groups is 4. The number of hydrogen-bond donors (Lipinski definition) is 32. The minimum absolute atomic E-state index is 0.00433. The Morgan fingerprint density at radius 1 is 0.381 bits per heavy atom. The van der Waals surface area contributed by atoms with Crippen LogP contribution in [0.5, 0.6) is 0 Å². The Bertz CT molecular complexity index is 4180. The normalized spacial score (nSPS) is 16.2. The first-order valence-electron chi connectivity index (χ1n) is 42.5. The average Bonchev–Trinajstić information content (AvgIpc) is 1.66. The molecular formula is C77H129N25O32. The fourth-order valence-electron chi connectivity index (χ4n) is 12.7. The van der Waals surface area contributed by atoms with Crippen LogP contribution in [-0.2, 0) is 115 Å². The van der Waals surface area contributed by atoms with Crippen molar-refractivity contribution in [3.63, 3.8) is 0 Å². The molecule has 1 saturated heterocycles. The Balaban J connectivity index is 3.61. The van der Waals surface area contributed by atoms with E-state index in [1.54, 1.807) is 27.7 Å². The number of aliphatic carboxylic acids is 4. The summed E-state index contributed by atoms with van der Waals surface area (Å²) in [4.78, 5) is 320. The lowest BCUT2D eigenvalue weighted by molar-refractivity contribution is -0.144. The van der Waals surface area contributed by atoms with Crippen molar-refractivity contribution in [3.8, 4) is 0 Å². The van der Waals surface area contributed by atoms with Crippen LogP contribution in [0.2, 0.25) is 0 Å². The third kappa shape index (κ3) is 44.5. The molecule has 0 aromatic heterocycles. The van der Waals surface area contributed by atoms with Crippen molar-refractivity contribution in [1.82, 2.24) is 95.3 Å². The van der Waals surface area contributed by atoms with Crippen LogP contribution in [-0.4, -0.2) is 348 Å². The van der Waals surface area contributed by atoms with E-state index < -0.39 is 340 Å². The summed E-state index contributed by atoms with van der Waals surface area (Å²) < 4.78 is 0. The largest absolute Gasteiger partial charge is 0.481 e. The third-order valence-electron chi connectivity index (χ3n) is 19.8. The first-order valence-corrected chi connectivity index (χ1v) is 42.5. The van der Waals surface area contributed by atoms with Crippen LogP contribution < -0.4 is 125 Å². The molecule has 754 valence electrons. The van der Waals surface area contributed by atoms with Gasteiger partial charge in [-0.3, -0.25) is 120 Å². The van der Waals surface area contributed by atoms with Gasteiger partial charge in [-0.15, -0.1) is 0 Å². The maximum Gasteiger partial charge on any atom is 0.325 e. The van der Waals surface area contributed by atoms with Crippen molar-refractivity contribution < 1.29 is 156 Å². The van der Waals surface area contributed by atoms with Gasteiger partial charge in [0.25, 0.3) is 0 Å². The SMILES string of the molecule is CC(C)C[C@H](NC(=O)[C@H](CC(N)=O)NC(=O)[C@H](CC(C)C)NC(=O)[C@H](CO)NC(=O)[C@@H](N)[C@@H](C)O)C(=O)N[C@@H](CCC(N)=O)C(=O)N[C@@H](CCCCN)C(=O)N[C@@H](CC(=O)O)C(=O)N[C@@H](CCC(=O)O)C(=O)N1CCC[C@H]1C(=O)N[C@@H](CC(N)=O)C(=O)NCC(=O)N[C@@H](CCCNC(=N)N)C(=O)N[C@@H](C)C(=O)N[C@@H](CO)C(=O)N[C@@H](CC(=O)O)C(=O)N[C@H](C(=O)N[C@@H](C)C(=O)O)[C@@H](C)O. The van der Waals surface area contributed by atoms with Gasteiger partial charge in [0.05, 0.1) is 57.6 Å². The van der Waals surface area contributed by atoms with E-state index in [0.717, 1.165) is 25.7 Å². The first kappa shape index (κ1) is 118. The van der Waals surface area contributed by atoms with Crippen LogP contribution >= 0.6 is 0 Å². The second kappa shape index (κ2) is 59.7. The Kier molecular flexibility index (Phi) is 52.7. The fourth-order valence-corrected chi connectivity index (χ4v) is 12.7. The second-order valence-electron chi connectivity index (χ2n) is 32.4. The molecular weight excluding hydrogens is 1790 g/mol. The van der Waals surface area contributed by atoms with Gasteiger partial charge in [0.2, 0.25) is 118 Å². The summed E-state index contributed by atoms with van der Waals surface area (Å²) in [5, 5.41) is 124. The molecule has 1 fully saturated rings. The minimum Gasteiger partial charge on any atom is -0.481 e. The van der Waals surface area contributed by atoms with Crippen LogP contribution in [0.4, 0.5) is 0 Å². The number of amides is 20. The highest BCUT2D eigenvalue weighted by atomic mass is 16.4. The summed E-state index contributed by atoms with van der Waals surface area (Å²) in [6.07, 6.45) is -11.8. The number of rotatable bonds is 64. The topological polar surface area (TPSA) is 959 Å². The van der Waals surface area contributed by atoms with Gasteiger partial charge in [0, 0.05) is 25.9 Å². The zero-order valence-corrected chi connectivity index (χ0v) is 75.2. The molecule has 38 N–H and O–H groups in total. The number of unbranched alkanes of at least 4 members (excludes halogenated alkanes) is 1. The van der Waals surface area contributed by atoms with Gasteiger partial charge in [0.15, 0.2) is 5.96 Å². The molecule has 0 bridgehead atoms. The van der Waals surface area contributed by atoms with Crippen LogP contribution in [0.15, 0.2) is 0 Å². The summed E-state index contributed by atoms with van der Waals surface area (Å²) in [6.45, 7) is 6.97. The number of carboxylic acids is 4. The zero-order valence-electron chi connectivity index (χ0n) is 75.2. The predicted molar refractivity (Wildman–Crippen MR) is 460 cm³/mol. The van der Waals surface area contributed by atoms with Gasteiger partial charge in [0.1, 0.15) is 103 Å².